The largest absolute Gasteiger partial charge is 0.494 e. The van der Waals surface area contributed by atoms with Crippen LogP contribution in [0.1, 0.15) is 113 Å². The minimum atomic E-state index is -3.18. The minimum absolute atomic E-state index is 0.0819. The van der Waals surface area contributed by atoms with Crippen molar-refractivity contribution in [2.24, 2.45) is 17.3 Å². The van der Waals surface area contributed by atoms with Gasteiger partial charge in [0.25, 0.3) is 23.6 Å². The molecule has 2 aromatic carbocycles. The molecule has 2 aromatic heterocycles. The van der Waals surface area contributed by atoms with Gasteiger partial charge in [0, 0.05) is 63.3 Å². The maximum Gasteiger partial charge on any atom is 0.287 e. The first-order chi connectivity index (χ1) is 28.8. The predicted octanol–water partition coefficient (Wildman–Crippen LogP) is 6.48. The molecule has 0 radical (unpaired) electrons. The van der Waals surface area contributed by atoms with Crippen molar-refractivity contribution in [2.75, 3.05) is 43.9 Å². The summed E-state index contributed by atoms with van der Waals surface area (Å²) in [6, 6.07) is 11.4. The van der Waals surface area contributed by atoms with E-state index in [2.05, 4.69) is 25.8 Å². The quantitative estimate of drug-likeness (QED) is 0.133. The summed E-state index contributed by atoms with van der Waals surface area (Å²) < 4.78 is 39.4. The van der Waals surface area contributed by atoms with Gasteiger partial charge in [-0.2, -0.15) is 8.78 Å². The van der Waals surface area contributed by atoms with Crippen LogP contribution in [0.25, 0.3) is 11.1 Å². The highest BCUT2D eigenvalue weighted by molar-refractivity contribution is 6.25. The molecule has 4 fully saturated rings. The van der Waals surface area contributed by atoms with Crippen LogP contribution in [-0.2, 0) is 15.5 Å². The summed E-state index contributed by atoms with van der Waals surface area (Å²) in [5.41, 5.74) is 2.36. The molecular weight excluding hydrogens is 777 g/mol. The Morgan fingerprint density at radius 3 is 2.47 bits per heavy atom. The molecule has 5 heterocycles. The lowest BCUT2D eigenvalue weighted by Crippen LogP contribution is -2.63. The molecule has 5 amide bonds. The molecule has 4 aromatic rings. The number of hydrogen-bond acceptors (Lipinski definition) is 11. The number of fused-ring (bicyclic) bond motifs is 2. The number of methoxy groups -OCH3 is 1. The van der Waals surface area contributed by atoms with Gasteiger partial charge in [-0.3, -0.25) is 34.2 Å². The molecule has 5 aliphatic rings. The van der Waals surface area contributed by atoms with Crippen LogP contribution in [0.15, 0.2) is 52.9 Å². The van der Waals surface area contributed by atoms with Crippen molar-refractivity contribution in [1.82, 2.24) is 25.1 Å². The molecule has 2 aliphatic carbocycles. The molecule has 2 saturated heterocycles. The number of nitrogens with one attached hydrogen (secondary N) is 3. The van der Waals surface area contributed by atoms with Gasteiger partial charge in [-0.15, -0.1) is 0 Å². The van der Waals surface area contributed by atoms with Crippen LogP contribution in [0, 0.1) is 17.3 Å². The SMILES string of the molecule is COc1cc2nc(C3CCC(CN4CC5(CC(CCNc6cccc7c6C(=O)N(C6CCC(=O)NC6=O)C7=O)C5)C4)CC3)oc2cc1NC(=O)c1cccc(C(C)(F)F)n1. The van der Waals surface area contributed by atoms with E-state index in [1.807, 2.05) is 0 Å². The number of ether oxygens (including phenoxy) is 1. The van der Waals surface area contributed by atoms with E-state index in [1.165, 1.54) is 38.2 Å². The van der Waals surface area contributed by atoms with Crippen LogP contribution in [-0.4, -0.2) is 88.6 Å². The molecule has 0 bridgehead atoms. The summed E-state index contributed by atoms with van der Waals surface area (Å²) in [4.78, 5) is 75.9. The number of pyridine rings is 1. The number of piperidine rings is 1. The standard InChI is InChI=1S/C44H47F2N7O7/c1-43(45,46)35-8-4-7-29(48-35)38(55)49-30-18-34-31(17-33(30)59-2)50-40(60-34)26-11-9-24(10-12-26)21-52-22-44(23-52)19-25(20-44)15-16-47-28-6-3-5-27-37(28)42(58)53(41(27)57)32-13-14-36(54)51-39(32)56/h3-8,17-18,24-26,32,47H,9-16,19-23H2,1-2H3,(H,49,55)(H,51,54,56). The third-order valence-corrected chi connectivity index (χ3v) is 13.0. The third kappa shape index (κ3) is 7.50. The fraction of sp³-hybridized carbons (Fsp3) is 0.477. The lowest BCUT2D eigenvalue weighted by atomic mass is 9.57. The summed E-state index contributed by atoms with van der Waals surface area (Å²) in [5.74, 6) is -3.43. The highest BCUT2D eigenvalue weighted by Crippen LogP contribution is 2.53. The van der Waals surface area contributed by atoms with Crippen molar-refractivity contribution in [2.45, 2.75) is 82.6 Å². The van der Waals surface area contributed by atoms with E-state index < -0.39 is 47.2 Å². The van der Waals surface area contributed by atoms with Crippen LogP contribution in [0.4, 0.5) is 20.2 Å². The Hall–Kier alpha value is -5.77. The number of amides is 5. The molecule has 1 unspecified atom stereocenters. The van der Waals surface area contributed by atoms with E-state index in [0.717, 1.165) is 63.6 Å². The van der Waals surface area contributed by atoms with E-state index in [4.69, 9.17) is 14.1 Å². The molecule has 1 atom stereocenters. The number of benzene rings is 2. The van der Waals surface area contributed by atoms with Gasteiger partial charge in [0.05, 0.1) is 23.9 Å². The van der Waals surface area contributed by atoms with Gasteiger partial charge in [0.2, 0.25) is 11.8 Å². The number of halogens is 2. The average Bonchev–Trinajstić information content (AvgIpc) is 3.73. The number of imide groups is 2. The van der Waals surface area contributed by atoms with Crippen LogP contribution in [0.5, 0.6) is 5.75 Å². The third-order valence-electron chi connectivity index (χ3n) is 13.0. The number of carbonyl (C=O) groups excluding carboxylic acids is 5. The Labute approximate surface area is 344 Å². The average molecular weight is 824 g/mol. The van der Waals surface area contributed by atoms with E-state index in [-0.39, 0.29) is 30.0 Å². The molecule has 3 aliphatic heterocycles. The maximum atomic E-state index is 13.8. The smallest absolute Gasteiger partial charge is 0.287 e. The van der Waals surface area contributed by atoms with E-state index >= 15 is 0 Å². The Balaban J connectivity index is 0.719. The Morgan fingerprint density at radius 1 is 0.967 bits per heavy atom. The second-order valence-corrected chi connectivity index (χ2v) is 17.4. The van der Waals surface area contributed by atoms with Gasteiger partial charge < -0.3 is 24.7 Å². The van der Waals surface area contributed by atoms with Gasteiger partial charge in [-0.25, -0.2) is 9.97 Å². The summed E-state index contributed by atoms with van der Waals surface area (Å²) in [7, 11) is 1.48. The summed E-state index contributed by atoms with van der Waals surface area (Å²) in [6.07, 6.45) is 7.63. The molecule has 16 heteroatoms. The molecule has 14 nitrogen and oxygen atoms in total. The van der Waals surface area contributed by atoms with Crippen molar-refractivity contribution in [3.63, 3.8) is 0 Å². The second kappa shape index (κ2) is 15.4. The monoisotopic (exact) mass is 823 g/mol. The van der Waals surface area contributed by atoms with E-state index in [1.54, 1.807) is 30.3 Å². The number of likely N-dealkylation sites (tertiary alicyclic amines) is 1. The first-order valence-electron chi connectivity index (χ1n) is 20.7. The number of alkyl halides is 2. The number of aromatic nitrogens is 2. The highest BCUT2D eigenvalue weighted by atomic mass is 19.3. The molecular formula is C44H47F2N7O7. The zero-order chi connectivity index (χ0) is 41.9. The predicted molar refractivity (Wildman–Crippen MR) is 215 cm³/mol. The number of rotatable bonds is 12. The Bertz CT molecular complexity index is 2390. The van der Waals surface area contributed by atoms with Crippen LogP contribution in [0.3, 0.4) is 0 Å². The number of anilines is 2. The number of nitrogens with zero attached hydrogens (tertiary/aromatic N) is 4. The van der Waals surface area contributed by atoms with Crippen LogP contribution >= 0.6 is 0 Å². The highest BCUT2D eigenvalue weighted by Gasteiger charge is 2.52. The molecule has 314 valence electrons. The fourth-order valence-corrected chi connectivity index (χ4v) is 10.1. The van der Waals surface area contributed by atoms with Gasteiger partial charge in [0.15, 0.2) is 11.5 Å². The van der Waals surface area contributed by atoms with Gasteiger partial charge in [0.1, 0.15) is 28.7 Å². The van der Waals surface area contributed by atoms with Crippen LogP contribution in [0.2, 0.25) is 0 Å². The molecule has 60 heavy (non-hydrogen) atoms. The maximum absolute atomic E-state index is 13.8. The summed E-state index contributed by atoms with van der Waals surface area (Å²) in [5, 5.41) is 8.36. The molecule has 1 spiro atoms. The first-order valence-corrected chi connectivity index (χ1v) is 20.7. The first kappa shape index (κ1) is 39.7. The van der Waals surface area contributed by atoms with Crippen molar-refractivity contribution in [3.8, 4) is 5.75 Å². The molecule has 9 rings (SSSR count). The lowest BCUT2D eigenvalue weighted by Gasteiger charge is -2.60. The Morgan fingerprint density at radius 2 is 1.73 bits per heavy atom. The number of carbonyl (C=O) groups is 5. The van der Waals surface area contributed by atoms with Crippen LogP contribution < -0.4 is 20.7 Å². The van der Waals surface area contributed by atoms with Crippen molar-refractivity contribution in [3.05, 3.63) is 76.9 Å². The van der Waals surface area contributed by atoms with Crippen molar-refractivity contribution in [1.29, 1.82) is 0 Å². The Kier molecular flexibility index (Phi) is 10.2. The second-order valence-electron chi connectivity index (χ2n) is 17.4. The lowest BCUT2D eigenvalue weighted by molar-refractivity contribution is -0.136. The molecule has 3 N–H and O–H groups in total. The van der Waals surface area contributed by atoms with Gasteiger partial charge in [-0.05, 0) is 92.9 Å². The van der Waals surface area contributed by atoms with E-state index in [0.29, 0.717) is 63.5 Å². The minimum Gasteiger partial charge on any atom is -0.494 e. The topological polar surface area (TPSA) is 176 Å². The van der Waals surface area contributed by atoms with Crippen molar-refractivity contribution >= 4 is 52.0 Å². The zero-order valence-electron chi connectivity index (χ0n) is 33.5. The zero-order valence-corrected chi connectivity index (χ0v) is 33.5. The fourth-order valence-electron chi connectivity index (χ4n) is 10.1. The van der Waals surface area contributed by atoms with Gasteiger partial charge in [-0.1, -0.05) is 12.1 Å². The molecule has 2 saturated carbocycles. The number of oxazole rings is 1. The summed E-state index contributed by atoms with van der Waals surface area (Å²) >= 11 is 0. The van der Waals surface area contributed by atoms with Gasteiger partial charge >= 0.3 is 0 Å². The van der Waals surface area contributed by atoms with E-state index in [9.17, 15) is 32.8 Å². The normalized spacial score (nSPS) is 23.0. The number of hydrogen-bond donors (Lipinski definition) is 3. The summed E-state index contributed by atoms with van der Waals surface area (Å²) in [6.45, 7) is 4.73. The van der Waals surface area contributed by atoms with Crippen molar-refractivity contribution < 1.29 is 41.9 Å².